The lowest BCUT2D eigenvalue weighted by Gasteiger charge is -2.12. The monoisotopic (exact) mass is 317 g/mol. The van der Waals surface area contributed by atoms with Gasteiger partial charge in [0, 0.05) is 23.8 Å². The fourth-order valence-electron chi connectivity index (χ4n) is 2.24. The quantitative estimate of drug-likeness (QED) is 0.776. The molecule has 0 spiro atoms. The Balaban J connectivity index is 1.76. The van der Waals surface area contributed by atoms with Gasteiger partial charge in [-0.15, -0.1) is 11.3 Å². The van der Waals surface area contributed by atoms with Gasteiger partial charge in [0.1, 0.15) is 4.88 Å². The van der Waals surface area contributed by atoms with Crippen LogP contribution in [0.4, 0.5) is 5.69 Å². The molecule has 0 saturated heterocycles. The number of aromatic nitrogens is 1. The molecule has 0 aromatic carbocycles. The first-order valence-corrected chi connectivity index (χ1v) is 8.35. The van der Waals surface area contributed by atoms with Gasteiger partial charge in [0.05, 0.1) is 10.4 Å². The van der Waals surface area contributed by atoms with Crippen LogP contribution in [0, 0.1) is 0 Å². The first kappa shape index (κ1) is 14.0. The standard InChI is InChI=1S/C15H15N3OS2/c1-9(6-10-3-5-20-8-10)18-15(19)14-13(16)11-2-4-17-7-12(11)21-14/h2-5,7-9H,6,16H2,1H3,(H,18,19). The van der Waals surface area contributed by atoms with Gasteiger partial charge in [0.25, 0.3) is 5.91 Å². The molecule has 0 saturated carbocycles. The smallest absolute Gasteiger partial charge is 0.263 e. The molecule has 3 rings (SSSR count). The van der Waals surface area contributed by atoms with Crippen LogP contribution in [-0.4, -0.2) is 16.9 Å². The van der Waals surface area contributed by atoms with E-state index in [1.165, 1.54) is 16.9 Å². The summed E-state index contributed by atoms with van der Waals surface area (Å²) in [5, 5.41) is 8.05. The number of hydrogen-bond acceptors (Lipinski definition) is 5. The van der Waals surface area contributed by atoms with Crippen LogP contribution in [0.2, 0.25) is 0 Å². The number of thiophene rings is 2. The molecule has 3 aromatic heterocycles. The van der Waals surface area contributed by atoms with E-state index < -0.39 is 0 Å². The summed E-state index contributed by atoms with van der Waals surface area (Å²) in [7, 11) is 0. The van der Waals surface area contributed by atoms with Gasteiger partial charge in [-0.3, -0.25) is 9.78 Å². The summed E-state index contributed by atoms with van der Waals surface area (Å²) in [5.74, 6) is -0.114. The van der Waals surface area contributed by atoms with E-state index in [0.717, 1.165) is 16.5 Å². The van der Waals surface area contributed by atoms with Crippen LogP contribution in [0.5, 0.6) is 0 Å². The van der Waals surface area contributed by atoms with E-state index in [1.807, 2.05) is 18.4 Å². The first-order chi connectivity index (χ1) is 10.1. The van der Waals surface area contributed by atoms with Gasteiger partial charge in [-0.25, -0.2) is 0 Å². The molecule has 0 aliphatic carbocycles. The molecule has 4 nitrogen and oxygen atoms in total. The summed E-state index contributed by atoms with van der Waals surface area (Å²) in [5.41, 5.74) is 7.85. The lowest BCUT2D eigenvalue weighted by atomic mass is 10.1. The van der Waals surface area contributed by atoms with E-state index >= 15 is 0 Å². The third kappa shape index (κ3) is 2.91. The highest BCUT2D eigenvalue weighted by atomic mass is 32.1. The number of nitrogens with one attached hydrogen (secondary N) is 1. The molecule has 1 unspecified atom stereocenters. The van der Waals surface area contributed by atoms with Crippen molar-refractivity contribution in [2.45, 2.75) is 19.4 Å². The minimum atomic E-state index is -0.114. The second kappa shape index (κ2) is 5.83. The largest absolute Gasteiger partial charge is 0.397 e. The van der Waals surface area contributed by atoms with Gasteiger partial charge >= 0.3 is 0 Å². The summed E-state index contributed by atoms with van der Waals surface area (Å²) in [6.45, 7) is 2.00. The van der Waals surface area contributed by atoms with Gasteiger partial charge in [-0.2, -0.15) is 11.3 Å². The van der Waals surface area contributed by atoms with E-state index in [4.69, 9.17) is 5.73 Å². The van der Waals surface area contributed by atoms with Crippen molar-refractivity contribution in [3.63, 3.8) is 0 Å². The Hall–Kier alpha value is -1.92. The summed E-state index contributed by atoms with van der Waals surface area (Å²) in [6.07, 6.45) is 4.25. The number of pyridine rings is 1. The second-order valence-corrected chi connectivity index (χ2v) is 6.76. The van der Waals surface area contributed by atoms with E-state index in [0.29, 0.717) is 10.6 Å². The zero-order chi connectivity index (χ0) is 14.8. The average molecular weight is 317 g/mol. The van der Waals surface area contributed by atoms with Gasteiger partial charge in [0.15, 0.2) is 0 Å². The second-order valence-electron chi connectivity index (χ2n) is 4.93. The molecule has 0 aliphatic heterocycles. The zero-order valence-electron chi connectivity index (χ0n) is 11.5. The van der Waals surface area contributed by atoms with Crippen molar-refractivity contribution in [2.24, 2.45) is 0 Å². The van der Waals surface area contributed by atoms with Gasteiger partial charge in [0.2, 0.25) is 0 Å². The predicted molar refractivity (Wildman–Crippen MR) is 89.0 cm³/mol. The van der Waals surface area contributed by atoms with E-state index in [1.54, 1.807) is 23.7 Å². The van der Waals surface area contributed by atoms with E-state index in [9.17, 15) is 4.79 Å². The third-order valence-corrected chi connectivity index (χ3v) is 5.12. The molecule has 1 amide bonds. The Labute approximate surface area is 130 Å². The van der Waals surface area contributed by atoms with E-state index in [-0.39, 0.29) is 11.9 Å². The molecule has 21 heavy (non-hydrogen) atoms. The molecule has 3 N–H and O–H groups in total. The van der Waals surface area contributed by atoms with Gasteiger partial charge < -0.3 is 11.1 Å². The van der Waals surface area contributed by atoms with Gasteiger partial charge in [-0.1, -0.05) is 0 Å². The number of nitrogen functional groups attached to an aromatic ring is 1. The van der Waals surface area contributed by atoms with Gasteiger partial charge in [-0.05, 0) is 41.8 Å². The third-order valence-electron chi connectivity index (χ3n) is 3.24. The minimum absolute atomic E-state index is 0.0647. The summed E-state index contributed by atoms with van der Waals surface area (Å²) >= 11 is 3.05. The highest BCUT2D eigenvalue weighted by Gasteiger charge is 2.18. The Kier molecular flexibility index (Phi) is 3.90. The van der Waals surface area contributed by atoms with Crippen LogP contribution in [-0.2, 0) is 6.42 Å². The highest BCUT2D eigenvalue weighted by Crippen LogP contribution is 2.32. The van der Waals surface area contributed by atoms with Crippen molar-refractivity contribution in [2.75, 3.05) is 5.73 Å². The lowest BCUT2D eigenvalue weighted by molar-refractivity contribution is 0.0945. The predicted octanol–water partition coefficient (Wildman–Crippen LogP) is 3.30. The first-order valence-electron chi connectivity index (χ1n) is 6.59. The van der Waals surface area contributed by atoms with Crippen molar-refractivity contribution in [3.8, 4) is 0 Å². The Morgan fingerprint density at radius 3 is 3.05 bits per heavy atom. The van der Waals surface area contributed by atoms with Crippen molar-refractivity contribution in [1.82, 2.24) is 10.3 Å². The number of carbonyl (C=O) groups is 1. The van der Waals surface area contributed by atoms with Crippen molar-refractivity contribution >= 4 is 44.4 Å². The molecular weight excluding hydrogens is 302 g/mol. The minimum Gasteiger partial charge on any atom is -0.397 e. The summed E-state index contributed by atoms with van der Waals surface area (Å²) in [4.78, 5) is 17.0. The van der Waals surface area contributed by atoms with Crippen molar-refractivity contribution in [1.29, 1.82) is 0 Å². The SMILES string of the molecule is CC(Cc1ccsc1)NC(=O)c1sc2cnccc2c1N. The summed E-state index contributed by atoms with van der Waals surface area (Å²) < 4.78 is 0.936. The Morgan fingerprint density at radius 1 is 1.48 bits per heavy atom. The van der Waals surface area contributed by atoms with Crippen LogP contribution in [0.15, 0.2) is 35.3 Å². The van der Waals surface area contributed by atoms with Crippen molar-refractivity contribution < 1.29 is 4.79 Å². The highest BCUT2D eigenvalue weighted by molar-refractivity contribution is 7.21. The number of hydrogen-bond donors (Lipinski definition) is 2. The summed E-state index contributed by atoms with van der Waals surface area (Å²) in [6, 6.07) is 3.98. The molecule has 0 bridgehead atoms. The number of fused-ring (bicyclic) bond motifs is 1. The van der Waals surface area contributed by atoms with E-state index in [2.05, 4.69) is 21.7 Å². The average Bonchev–Trinajstić information content (AvgIpc) is 3.07. The maximum Gasteiger partial charge on any atom is 0.263 e. The van der Waals surface area contributed by atoms with Crippen LogP contribution in [0.3, 0.4) is 0 Å². The number of carbonyl (C=O) groups excluding carboxylic acids is 1. The fourth-order valence-corrected chi connectivity index (χ4v) is 3.92. The maximum atomic E-state index is 12.4. The number of amides is 1. The zero-order valence-corrected chi connectivity index (χ0v) is 13.1. The fraction of sp³-hybridized carbons (Fsp3) is 0.200. The molecule has 6 heteroatoms. The molecule has 3 aromatic rings. The topological polar surface area (TPSA) is 68.0 Å². The van der Waals surface area contributed by atoms with Crippen LogP contribution < -0.4 is 11.1 Å². The Morgan fingerprint density at radius 2 is 2.33 bits per heavy atom. The molecule has 108 valence electrons. The molecule has 0 aliphatic rings. The van der Waals surface area contributed by atoms with Crippen LogP contribution in [0.25, 0.3) is 10.1 Å². The Bertz CT molecular complexity index is 764. The molecular formula is C15H15N3OS2. The normalized spacial score (nSPS) is 12.4. The molecule has 0 radical (unpaired) electrons. The number of anilines is 1. The van der Waals surface area contributed by atoms with Crippen molar-refractivity contribution in [3.05, 3.63) is 45.7 Å². The number of rotatable bonds is 4. The van der Waals surface area contributed by atoms with Crippen LogP contribution >= 0.6 is 22.7 Å². The van der Waals surface area contributed by atoms with Crippen LogP contribution in [0.1, 0.15) is 22.2 Å². The molecule has 3 heterocycles. The molecule has 0 fully saturated rings. The maximum absolute atomic E-state index is 12.4. The molecule has 1 atom stereocenters. The number of nitrogens with zero attached hydrogens (tertiary/aromatic N) is 1. The lowest BCUT2D eigenvalue weighted by Crippen LogP contribution is -2.33. The number of nitrogens with two attached hydrogens (primary N) is 1.